The SMILES string of the molecule is COc1ccc(CN2CC3(CN(S(=O)(=O)c4ccc(C)cc4)C3)c3c([nH]c4cc(OC)ccc34)[C@@H]2CO)cc1. The minimum atomic E-state index is -3.63. The highest BCUT2D eigenvalue weighted by molar-refractivity contribution is 7.89. The lowest BCUT2D eigenvalue weighted by Gasteiger charge is -2.55. The van der Waals surface area contributed by atoms with Crippen molar-refractivity contribution in [3.8, 4) is 11.5 Å². The number of ether oxygens (including phenoxy) is 2. The highest BCUT2D eigenvalue weighted by Gasteiger charge is 2.55. The highest BCUT2D eigenvalue weighted by atomic mass is 32.2. The van der Waals surface area contributed by atoms with Crippen LogP contribution in [0.1, 0.15) is 28.4 Å². The molecule has 6 rings (SSSR count). The molecule has 0 saturated carbocycles. The molecule has 1 aromatic heterocycles. The molecule has 1 fully saturated rings. The van der Waals surface area contributed by atoms with E-state index in [9.17, 15) is 13.5 Å². The van der Waals surface area contributed by atoms with Gasteiger partial charge in [-0.15, -0.1) is 0 Å². The Morgan fingerprint density at radius 1 is 0.949 bits per heavy atom. The number of nitrogens with zero attached hydrogens (tertiary/aromatic N) is 2. The van der Waals surface area contributed by atoms with Gasteiger partial charge in [0.2, 0.25) is 10.0 Å². The number of aromatic amines is 1. The molecule has 3 heterocycles. The molecule has 1 atom stereocenters. The average Bonchev–Trinajstić information content (AvgIpc) is 3.30. The standard InChI is InChI=1S/C30H33N3O5S/c1-20-4-11-24(12-5-20)39(35,36)33-18-30(19-33)17-32(15-21-6-8-22(37-2)9-7-21)27(16-34)29-28(30)25-13-10-23(38-3)14-26(25)31-29/h4-14,27,31,34H,15-19H2,1-3H3/t27-/m0/s1. The van der Waals surface area contributed by atoms with E-state index in [-0.39, 0.29) is 12.6 Å². The molecule has 0 bridgehead atoms. The van der Waals surface area contributed by atoms with Crippen LogP contribution in [0.2, 0.25) is 0 Å². The fraction of sp³-hybridized carbons (Fsp3) is 0.333. The van der Waals surface area contributed by atoms with Gasteiger partial charge in [0.1, 0.15) is 11.5 Å². The Morgan fingerprint density at radius 2 is 1.62 bits per heavy atom. The summed E-state index contributed by atoms with van der Waals surface area (Å²) >= 11 is 0. The molecule has 204 valence electrons. The number of fused-ring (bicyclic) bond motifs is 4. The number of aliphatic hydroxyl groups excluding tert-OH is 1. The lowest BCUT2D eigenvalue weighted by atomic mass is 9.70. The van der Waals surface area contributed by atoms with Gasteiger partial charge < -0.3 is 19.6 Å². The number of aromatic nitrogens is 1. The Balaban J connectivity index is 1.40. The fourth-order valence-electron chi connectivity index (χ4n) is 6.16. The molecule has 0 unspecified atom stereocenters. The molecule has 8 nitrogen and oxygen atoms in total. The van der Waals surface area contributed by atoms with E-state index in [1.54, 1.807) is 30.7 Å². The number of aliphatic hydroxyl groups is 1. The van der Waals surface area contributed by atoms with Gasteiger partial charge in [0.15, 0.2) is 0 Å². The molecule has 9 heteroatoms. The van der Waals surface area contributed by atoms with Crippen LogP contribution >= 0.6 is 0 Å². The van der Waals surface area contributed by atoms with Gasteiger partial charge in [0, 0.05) is 54.3 Å². The maximum absolute atomic E-state index is 13.5. The van der Waals surface area contributed by atoms with Crippen molar-refractivity contribution in [2.24, 2.45) is 0 Å². The summed E-state index contributed by atoms with van der Waals surface area (Å²) in [4.78, 5) is 6.14. The summed E-state index contributed by atoms with van der Waals surface area (Å²) in [6, 6.07) is 20.6. The Bertz CT molecular complexity index is 1610. The predicted molar refractivity (Wildman–Crippen MR) is 150 cm³/mol. The van der Waals surface area contributed by atoms with Crippen LogP contribution in [0.15, 0.2) is 71.6 Å². The topological polar surface area (TPSA) is 95.1 Å². The van der Waals surface area contributed by atoms with Gasteiger partial charge in [-0.25, -0.2) is 8.42 Å². The Kier molecular flexibility index (Phi) is 6.42. The van der Waals surface area contributed by atoms with E-state index in [0.717, 1.165) is 44.8 Å². The molecule has 2 N–H and O–H groups in total. The van der Waals surface area contributed by atoms with Gasteiger partial charge in [0.05, 0.1) is 31.8 Å². The number of H-pyrrole nitrogens is 1. The first-order valence-corrected chi connectivity index (χ1v) is 14.5. The van der Waals surface area contributed by atoms with Gasteiger partial charge in [0.25, 0.3) is 0 Å². The Morgan fingerprint density at radius 3 is 2.26 bits per heavy atom. The summed E-state index contributed by atoms with van der Waals surface area (Å²) in [6.45, 7) is 3.85. The van der Waals surface area contributed by atoms with Crippen LogP contribution in [0.25, 0.3) is 10.9 Å². The van der Waals surface area contributed by atoms with Gasteiger partial charge in [-0.2, -0.15) is 4.31 Å². The van der Waals surface area contributed by atoms with Crippen molar-refractivity contribution in [1.82, 2.24) is 14.2 Å². The van der Waals surface area contributed by atoms with Crippen LogP contribution in [-0.2, 0) is 22.0 Å². The first kappa shape index (κ1) is 25.9. The van der Waals surface area contributed by atoms with E-state index in [4.69, 9.17) is 9.47 Å². The van der Waals surface area contributed by atoms with E-state index in [1.807, 2.05) is 61.5 Å². The number of rotatable bonds is 7. The maximum atomic E-state index is 13.5. The minimum Gasteiger partial charge on any atom is -0.497 e. The smallest absolute Gasteiger partial charge is 0.243 e. The van der Waals surface area contributed by atoms with Crippen molar-refractivity contribution in [3.05, 3.63) is 89.1 Å². The highest BCUT2D eigenvalue weighted by Crippen LogP contribution is 2.50. The number of hydrogen-bond acceptors (Lipinski definition) is 6. The van der Waals surface area contributed by atoms with Crippen LogP contribution in [-0.4, -0.2) is 68.2 Å². The summed E-state index contributed by atoms with van der Waals surface area (Å²) in [5.41, 5.74) is 4.65. The van der Waals surface area contributed by atoms with Crippen molar-refractivity contribution < 1.29 is 23.0 Å². The van der Waals surface area contributed by atoms with E-state index in [0.29, 0.717) is 31.1 Å². The molecule has 2 aliphatic rings. The zero-order chi connectivity index (χ0) is 27.4. The predicted octanol–water partition coefficient (Wildman–Crippen LogP) is 3.99. The second kappa shape index (κ2) is 9.67. The molecule has 1 saturated heterocycles. The zero-order valence-electron chi connectivity index (χ0n) is 22.3. The third-order valence-electron chi connectivity index (χ3n) is 8.18. The van der Waals surface area contributed by atoms with E-state index in [2.05, 4.69) is 9.88 Å². The van der Waals surface area contributed by atoms with Crippen molar-refractivity contribution in [2.45, 2.75) is 29.8 Å². The maximum Gasteiger partial charge on any atom is 0.243 e. The Hall–Kier alpha value is -3.37. The van der Waals surface area contributed by atoms with Gasteiger partial charge in [-0.3, -0.25) is 4.90 Å². The molecule has 1 spiro atoms. The second-order valence-electron chi connectivity index (χ2n) is 10.6. The average molecular weight is 548 g/mol. The lowest BCUT2D eigenvalue weighted by molar-refractivity contribution is 0.0257. The molecular formula is C30H33N3O5S. The van der Waals surface area contributed by atoms with Crippen molar-refractivity contribution in [3.63, 3.8) is 0 Å². The zero-order valence-corrected chi connectivity index (χ0v) is 23.2. The third-order valence-corrected chi connectivity index (χ3v) is 9.99. The van der Waals surface area contributed by atoms with Crippen LogP contribution in [0.4, 0.5) is 0 Å². The summed E-state index contributed by atoms with van der Waals surface area (Å²) in [5, 5.41) is 11.6. The fourth-order valence-corrected chi connectivity index (χ4v) is 7.77. The van der Waals surface area contributed by atoms with Gasteiger partial charge in [-0.1, -0.05) is 29.8 Å². The number of benzene rings is 3. The summed E-state index contributed by atoms with van der Waals surface area (Å²) in [7, 11) is -0.345. The lowest BCUT2D eigenvalue weighted by Crippen LogP contribution is -2.67. The number of nitrogens with one attached hydrogen (secondary N) is 1. The quantitative estimate of drug-likeness (QED) is 0.364. The van der Waals surface area contributed by atoms with Crippen LogP contribution in [0.3, 0.4) is 0 Å². The van der Waals surface area contributed by atoms with E-state index < -0.39 is 15.4 Å². The first-order valence-electron chi connectivity index (χ1n) is 13.0. The van der Waals surface area contributed by atoms with Crippen LogP contribution in [0.5, 0.6) is 11.5 Å². The molecule has 39 heavy (non-hydrogen) atoms. The van der Waals surface area contributed by atoms with Crippen LogP contribution in [0, 0.1) is 6.92 Å². The van der Waals surface area contributed by atoms with Gasteiger partial charge in [-0.05, 0) is 54.4 Å². The summed E-state index contributed by atoms with van der Waals surface area (Å²) in [5.74, 6) is 1.53. The van der Waals surface area contributed by atoms with E-state index in [1.165, 1.54) is 0 Å². The minimum absolute atomic E-state index is 0.0609. The third kappa shape index (κ3) is 4.30. The van der Waals surface area contributed by atoms with Crippen molar-refractivity contribution in [1.29, 1.82) is 0 Å². The number of hydrogen-bond donors (Lipinski definition) is 2. The summed E-state index contributed by atoms with van der Waals surface area (Å²) in [6.07, 6.45) is 0. The normalized spacial score (nSPS) is 19.1. The van der Waals surface area contributed by atoms with Crippen molar-refractivity contribution >= 4 is 20.9 Å². The van der Waals surface area contributed by atoms with Crippen molar-refractivity contribution in [2.75, 3.05) is 40.5 Å². The Labute approximate surface area is 228 Å². The molecule has 0 radical (unpaired) electrons. The molecule has 2 aliphatic heterocycles. The first-order chi connectivity index (χ1) is 18.8. The largest absolute Gasteiger partial charge is 0.497 e. The van der Waals surface area contributed by atoms with Crippen LogP contribution < -0.4 is 9.47 Å². The molecule has 0 aliphatic carbocycles. The monoisotopic (exact) mass is 547 g/mol. The molecule has 0 amide bonds. The second-order valence-corrected chi connectivity index (χ2v) is 12.6. The molecular weight excluding hydrogens is 514 g/mol. The van der Waals surface area contributed by atoms with Gasteiger partial charge >= 0.3 is 0 Å². The van der Waals surface area contributed by atoms with E-state index >= 15 is 0 Å². The molecule has 4 aromatic rings. The summed E-state index contributed by atoms with van der Waals surface area (Å²) < 4.78 is 39.4. The number of methoxy groups -OCH3 is 2. The molecule has 3 aromatic carbocycles. The number of sulfonamides is 1. The number of aryl methyl sites for hydroxylation is 1.